The van der Waals surface area contributed by atoms with Crippen molar-refractivity contribution in [1.29, 1.82) is 0 Å². The maximum atomic E-state index is 12.1. The average Bonchev–Trinajstić information content (AvgIpc) is 2.52. The first kappa shape index (κ1) is 15.0. The molecule has 2 rings (SSSR count). The van der Waals surface area contributed by atoms with E-state index in [4.69, 9.17) is 4.74 Å². The number of carbonyl (C=O) groups excluding carboxylic acids is 2. The van der Waals surface area contributed by atoms with Gasteiger partial charge in [0, 0.05) is 24.0 Å². The summed E-state index contributed by atoms with van der Waals surface area (Å²) in [4.78, 5) is 24.2. The lowest BCUT2D eigenvalue weighted by Gasteiger charge is -2.05. The Morgan fingerprint density at radius 3 is 2.14 bits per heavy atom. The van der Waals surface area contributed by atoms with Gasteiger partial charge in [0.05, 0.1) is 7.11 Å². The van der Waals surface area contributed by atoms with E-state index < -0.39 is 0 Å². The maximum absolute atomic E-state index is 12.1. The molecular weight excluding hydrogens is 264 g/mol. The van der Waals surface area contributed by atoms with Gasteiger partial charge in [0.1, 0.15) is 5.75 Å². The van der Waals surface area contributed by atoms with E-state index in [1.165, 1.54) is 0 Å². The van der Waals surface area contributed by atoms with Crippen LogP contribution < -0.4 is 4.74 Å². The molecule has 108 valence electrons. The molecule has 0 N–H and O–H groups in total. The molecule has 0 fully saturated rings. The van der Waals surface area contributed by atoms with Crippen molar-refractivity contribution in [1.82, 2.24) is 0 Å². The van der Waals surface area contributed by atoms with Gasteiger partial charge in [-0.3, -0.25) is 9.59 Å². The first-order valence-electron chi connectivity index (χ1n) is 6.88. The molecule has 2 aromatic carbocycles. The van der Waals surface area contributed by atoms with Crippen molar-refractivity contribution in [2.24, 2.45) is 0 Å². The van der Waals surface area contributed by atoms with E-state index in [1.54, 1.807) is 37.4 Å². The molecule has 0 aliphatic heterocycles. The average molecular weight is 282 g/mol. The minimum absolute atomic E-state index is 0.00922. The molecule has 3 heteroatoms. The first-order chi connectivity index (χ1) is 10.1. The van der Waals surface area contributed by atoms with Crippen LogP contribution in [0.25, 0.3) is 0 Å². The normalized spacial score (nSPS) is 10.2. The summed E-state index contributed by atoms with van der Waals surface area (Å²) in [6.07, 6.45) is 0.454. The van der Waals surface area contributed by atoms with Crippen molar-refractivity contribution in [3.63, 3.8) is 0 Å². The van der Waals surface area contributed by atoms with Crippen molar-refractivity contribution in [2.45, 2.75) is 19.8 Å². The van der Waals surface area contributed by atoms with Gasteiger partial charge in [-0.15, -0.1) is 0 Å². The number of benzene rings is 2. The second-order valence-electron chi connectivity index (χ2n) is 4.89. The lowest BCUT2D eigenvalue weighted by atomic mass is 9.99. The zero-order valence-corrected chi connectivity index (χ0v) is 12.3. The third-order valence-corrected chi connectivity index (χ3v) is 3.44. The summed E-state index contributed by atoms with van der Waals surface area (Å²) >= 11 is 0. The second kappa shape index (κ2) is 6.84. The highest BCUT2D eigenvalue weighted by atomic mass is 16.5. The molecule has 0 unspecified atom stereocenters. The van der Waals surface area contributed by atoms with Crippen molar-refractivity contribution in [3.8, 4) is 5.75 Å². The summed E-state index contributed by atoms with van der Waals surface area (Å²) in [6.45, 7) is 1.90. The molecule has 0 saturated carbocycles. The lowest BCUT2D eigenvalue weighted by molar-refractivity contribution is 0.0917. The van der Waals surface area contributed by atoms with Crippen LogP contribution in [0.1, 0.15) is 39.1 Å². The first-order valence-corrected chi connectivity index (χ1v) is 6.88. The number of hydrogen-bond donors (Lipinski definition) is 0. The minimum Gasteiger partial charge on any atom is -0.497 e. The minimum atomic E-state index is -0.0282. The monoisotopic (exact) mass is 282 g/mol. The van der Waals surface area contributed by atoms with Gasteiger partial charge in [-0.1, -0.05) is 24.3 Å². The molecule has 0 aromatic heterocycles. The third kappa shape index (κ3) is 3.78. The van der Waals surface area contributed by atoms with Crippen LogP contribution in [0.5, 0.6) is 5.75 Å². The summed E-state index contributed by atoms with van der Waals surface area (Å²) in [5.74, 6) is 0.692. The molecule has 0 aliphatic rings. The Hall–Kier alpha value is -2.42. The zero-order valence-electron chi connectivity index (χ0n) is 12.3. The van der Waals surface area contributed by atoms with E-state index in [-0.39, 0.29) is 24.4 Å². The fraction of sp³-hybridized carbons (Fsp3) is 0.222. The Balaban J connectivity index is 1.97. The SMILES string of the molecule is COc1ccc(C(=O)CCC(=O)c2ccccc2C)cc1. The summed E-state index contributed by atoms with van der Waals surface area (Å²) in [5, 5.41) is 0. The third-order valence-electron chi connectivity index (χ3n) is 3.44. The topological polar surface area (TPSA) is 43.4 Å². The number of Topliss-reactive ketones (excluding diaryl/α,β-unsaturated/α-hetero) is 2. The van der Waals surface area contributed by atoms with Gasteiger partial charge in [-0.05, 0) is 36.8 Å². The van der Waals surface area contributed by atoms with Crippen LogP contribution >= 0.6 is 0 Å². The van der Waals surface area contributed by atoms with Crippen LogP contribution in [0, 0.1) is 6.92 Å². The predicted molar refractivity (Wildman–Crippen MR) is 82.1 cm³/mol. The zero-order chi connectivity index (χ0) is 15.2. The standard InChI is InChI=1S/C18H18O3/c1-13-5-3-4-6-16(13)18(20)12-11-17(19)14-7-9-15(21-2)10-8-14/h3-10H,11-12H2,1-2H3. The van der Waals surface area contributed by atoms with Crippen molar-refractivity contribution in [3.05, 3.63) is 65.2 Å². The Kier molecular flexibility index (Phi) is 4.88. The highest BCUT2D eigenvalue weighted by Gasteiger charge is 2.12. The molecule has 0 atom stereocenters. The molecule has 0 radical (unpaired) electrons. The molecule has 0 bridgehead atoms. The number of hydrogen-bond acceptors (Lipinski definition) is 3. The smallest absolute Gasteiger partial charge is 0.163 e. The maximum Gasteiger partial charge on any atom is 0.163 e. The van der Waals surface area contributed by atoms with Gasteiger partial charge in [-0.2, -0.15) is 0 Å². The quantitative estimate of drug-likeness (QED) is 0.756. The van der Waals surface area contributed by atoms with Crippen LogP contribution in [0.2, 0.25) is 0 Å². The van der Waals surface area contributed by atoms with Crippen LogP contribution in [-0.4, -0.2) is 18.7 Å². The number of carbonyl (C=O) groups is 2. The van der Waals surface area contributed by atoms with Gasteiger partial charge in [0.25, 0.3) is 0 Å². The molecule has 0 heterocycles. The van der Waals surface area contributed by atoms with E-state index in [1.807, 2.05) is 25.1 Å². The Morgan fingerprint density at radius 2 is 1.52 bits per heavy atom. The molecule has 0 spiro atoms. The van der Waals surface area contributed by atoms with Crippen molar-refractivity contribution in [2.75, 3.05) is 7.11 Å². The predicted octanol–water partition coefficient (Wildman–Crippen LogP) is 3.85. The summed E-state index contributed by atoms with van der Waals surface area (Å²) in [7, 11) is 1.58. The van der Waals surface area contributed by atoms with Crippen molar-refractivity contribution >= 4 is 11.6 Å². The van der Waals surface area contributed by atoms with Gasteiger partial charge < -0.3 is 4.74 Å². The molecular formula is C18H18O3. The van der Waals surface area contributed by atoms with Crippen LogP contribution in [0.4, 0.5) is 0 Å². The van der Waals surface area contributed by atoms with E-state index in [0.29, 0.717) is 16.9 Å². The van der Waals surface area contributed by atoms with Crippen molar-refractivity contribution < 1.29 is 14.3 Å². The van der Waals surface area contributed by atoms with Gasteiger partial charge in [-0.25, -0.2) is 0 Å². The van der Waals surface area contributed by atoms with Gasteiger partial charge in [0.2, 0.25) is 0 Å². The Bertz CT molecular complexity index is 642. The van der Waals surface area contributed by atoms with E-state index in [9.17, 15) is 9.59 Å². The Labute approximate surface area is 124 Å². The summed E-state index contributed by atoms with van der Waals surface area (Å²) in [6, 6.07) is 14.4. The summed E-state index contributed by atoms with van der Waals surface area (Å²) < 4.78 is 5.05. The van der Waals surface area contributed by atoms with E-state index in [0.717, 1.165) is 5.56 Å². The fourth-order valence-corrected chi connectivity index (χ4v) is 2.17. The van der Waals surface area contributed by atoms with Crippen LogP contribution in [-0.2, 0) is 0 Å². The molecule has 21 heavy (non-hydrogen) atoms. The van der Waals surface area contributed by atoms with Gasteiger partial charge >= 0.3 is 0 Å². The number of aryl methyl sites for hydroxylation is 1. The van der Waals surface area contributed by atoms with Crippen LogP contribution in [0.15, 0.2) is 48.5 Å². The van der Waals surface area contributed by atoms with Crippen LogP contribution in [0.3, 0.4) is 0 Å². The van der Waals surface area contributed by atoms with E-state index >= 15 is 0 Å². The number of rotatable bonds is 6. The molecule has 0 saturated heterocycles. The number of methoxy groups -OCH3 is 1. The van der Waals surface area contributed by atoms with E-state index in [2.05, 4.69) is 0 Å². The highest BCUT2D eigenvalue weighted by molar-refractivity contribution is 6.02. The molecule has 2 aromatic rings. The molecule has 0 amide bonds. The highest BCUT2D eigenvalue weighted by Crippen LogP contribution is 2.15. The number of ether oxygens (including phenoxy) is 1. The van der Waals surface area contributed by atoms with Gasteiger partial charge in [0.15, 0.2) is 11.6 Å². The summed E-state index contributed by atoms with van der Waals surface area (Å²) in [5.41, 5.74) is 2.24. The largest absolute Gasteiger partial charge is 0.497 e. The lowest BCUT2D eigenvalue weighted by Crippen LogP contribution is -2.06. The molecule has 0 aliphatic carbocycles. The Morgan fingerprint density at radius 1 is 0.905 bits per heavy atom. The number of ketones is 2. The second-order valence-corrected chi connectivity index (χ2v) is 4.89. The fourth-order valence-electron chi connectivity index (χ4n) is 2.17. The molecule has 3 nitrogen and oxygen atoms in total.